The number of halogens is 3. The van der Waals surface area contributed by atoms with Crippen molar-refractivity contribution in [2.24, 2.45) is 0 Å². The summed E-state index contributed by atoms with van der Waals surface area (Å²) in [5, 5.41) is 4.29. The molecule has 0 unspecified atom stereocenters. The van der Waals surface area contributed by atoms with Gasteiger partial charge in [0.15, 0.2) is 0 Å². The first-order chi connectivity index (χ1) is 19.2. The number of hydrazine groups is 1. The van der Waals surface area contributed by atoms with Crippen LogP contribution in [-0.2, 0) is 20.5 Å². The number of alkyl halides is 3. The summed E-state index contributed by atoms with van der Waals surface area (Å²) in [6.45, 7) is 5.31. The molecule has 1 fully saturated rings. The fraction of sp³-hybridized carbons (Fsp3) is 0.321. The monoisotopic (exact) mass is 555 g/mol. The highest BCUT2D eigenvalue weighted by molar-refractivity contribution is 6.04. The molecule has 12 heteroatoms. The van der Waals surface area contributed by atoms with Gasteiger partial charge in [-0.25, -0.2) is 9.80 Å². The van der Waals surface area contributed by atoms with E-state index in [4.69, 9.17) is 4.74 Å². The number of benzene rings is 2. The third-order valence-electron chi connectivity index (χ3n) is 7.09. The molecular formula is C28H28F3N5O4. The highest BCUT2D eigenvalue weighted by Gasteiger charge is 2.49. The molecule has 0 bridgehead atoms. The van der Waals surface area contributed by atoms with Gasteiger partial charge in [-0.15, -0.1) is 6.58 Å². The Morgan fingerprint density at radius 3 is 2.45 bits per heavy atom. The van der Waals surface area contributed by atoms with Crippen LogP contribution in [0, 0.1) is 0 Å². The molecule has 2 atom stereocenters. The summed E-state index contributed by atoms with van der Waals surface area (Å²) in [7, 11) is 0. The van der Waals surface area contributed by atoms with Crippen molar-refractivity contribution in [2.75, 3.05) is 39.4 Å². The Labute approximate surface area is 228 Å². The SMILES string of the molecule is C=CCN1C(=O)N[C@@H](c2ccccc2C(F)(F)F)C2=C1CN([C@H](C(=O)NN1CCOCC1)c1ccccc1)C2=O. The average molecular weight is 556 g/mol. The largest absolute Gasteiger partial charge is 0.416 e. The van der Waals surface area contributed by atoms with E-state index in [1.54, 1.807) is 35.3 Å². The molecule has 5 rings (SSSR count). The summed E-state index contributed by atoms with van der Waals surface area (Å²) in [6, 6.07) is 10.3. The predicted octanol–water partition coefficient (Wildman–Crippen LogP) is 3.16. The Morgan fingerprint density at radius 2 is 1.77 bits per heavy atom. The molecule has 40 heavy (non-hydrogen) atoms. The van der Waals surface area contributed by atoms with Crippen LogP contribution in [0.2, 0.25) is 0 Å². The molecule has 4 amide bonds. The van der Waals surface area contributed by atoms with E-state index < -0.39 is 41.7 Å². The highest BCUT2D eigenvalue weighted by Crippen LogP contribution is 2.43. The minimum atomic E-state index is -4.72. The fourth-order valence-corrected chi connectivity index (χ4v) is 5.28. The molecule has 0 saturated carbocycles. The smallest absolute Gasteiger partial charge is 0.379 e. The van der Waals surface area contributed by atoms with Crippen molar-refractivity contribution in [3.63, 3.8) is 0 Å². The van der Waals surface area contributed by atoms with Crippen LogP contribution in [0.5, 0.6) is 0 Å². The van der Waals surface area contributed by atoms with Gasteiger partial charge in [-0.1, -0.05) is 54.6 Å². The molecule has 0 radical (unpaired) electrons. The molecule has 3 aliphatic rings. The van der Waals surface area contributed by atoms with Crippen LogP contribution in [0.1, 0.15) is 28.8 Å². The molecule has 0 aromatic heterocycles. The number of ether oxygens (including phenoxy) is 1. The summed E-state index contributed by atoms with van der Waals surface area (Å²) in [4.78, 5) is 43.5. The lowest BCUT2D eigenvalue weighted by Gasteiger charge is -2.33. The number of rotatable bonds is 7. The zero-order chi connectivity index (χ0) is 28.4. The second kappa shape index (κ2) is 11.1. The molecule has 0 spiro atoms. The van der Waals surface area contributed by atoms with Crippen molar-refractivity contribution in [3.05, 3.63) is 95.2 Å². The summed E-state index contributed by atoms with van der Waals surface area (Å²) in [5.41, 5.74) is 2.38. The number of urea groups is 1. The number of morpholine rings is 1. The standard InChI is InChI=1S/C28H28F3N5O4/c1-2-12-35-21-17-36(24(18-8-4-3-5-9-18)25(37)33-34-13-15-40-16-14-34)26(38)22(21)23(32-27(35)39)19-10-6-7-11-20(19)28(29,30)31/h2-11,23-24H,1,12-17H2,(H,32,39)(H,33,37)/t23-,24-/m0/s1. The summed E-state index contributed by atoms with van der Waals surface area (Å²) in [6.07, 6.45) is -3.26. The lowest BCUT2D eigenvalue weighted by atomic mass is 9.91. The van der Waals surface area contributed by atoms with Crippen molar-refractivity contribution >= 4 is 17.8 Å². The van der Waals surface area contributed by atoms with Gasteiger partial charge in [0.1, 0.15) is 6.04 Å². The van der Waals surface area contributed by atoms with E-state index in [2.05, 4.69) is 17.3 Å². The summed E-state index contributed by atoms with van der Waals surface area (Å²) < 4.78 is 47.3. The van der Waals surface area contributed by atoms with E-state index in [1.807, 2.05) is 0 Å². The average Bonchev–Trinajstić information content (AvgIpc) is 3.27. The second-order valence-electron chi connectivity index (χ2n) is 9.55. The number of amides is 4. The normalized spacial score (nSPS) is 20.7. The van der Waals surface area contributed by atoms with Gasteiger partial charge in [0.05, 0.1) is 42.6 Å². The summed E-state index contributed by atoms with van der Waals surface area (Å²) in [5.74, 6) is -1.12. The Kier molecular flexibility index (Phi) is 7.63. The predicted molar refractivity (Wildman–Crippen MR) is 138 cm³/mol. The number of hydrogen-bond acceptors (Lipinski definition) is 5. The number of carbonyl (C=O) groups excluding carboxylic acids is 3. The van der Waals surface area contributed by atoms with E-state index in [1.165, 1.54) is 34.1 Å². The maximum Gasteiger partial charge on any atom is 0.416 e. The summed E-state index contributed by atoms with van der Waals surface area (Å²) >= 11 is 0. The molecule has 0 aliphatic carbocycles. The molecular weight excluding hydrogens is 527 g/mol. The number of nitrogens with one attached hydrogen (secondary N) is 2. The molecule has 9 nitrogen and oxygen atoms in total. The Bertz CT molecular complexity index is 1340. The first-order valence-corrected chi connectivity index (χ1v) is 12.8. The minimum absolute atomic E-state index is 0.0155. The van der Waals surface area contributed by atoms with Crippen LogP contribution >= 0.6 is 0 Å². The van der Waals surface area contributed by atoms with Crippen molar-refractivity contribution < 1.29 is 32.3 Å². The van der Waals surface area contributed by atoms with Crippen LogP contribution in [0.3, 0.4) is 0 Å². The van der Waals surface area contributed by atoms with Gasteiger partial charge in [0.25, 0.3) is 11.8 Å². The number of carbonyl (C=O) groups is 3. The van der Waals surface area contributed by atoms with Gasteiger partial charge in [0, 0.05) is 19.6 Å². The van der Waals surface area contributed by atoms with E-state index in [-0.39, 0.29) is 29.9 Å². The minimum Gasteiger partial charge on any atom is -0.379 e. The molecule has 2 N–H and O–H groups in total. The van der Waals surface area contributed by atoms with Crippen molar-refractivity contribution in [3.8, 4) is 0 Å². The van der Waals surface area contributed by atoms with E-state index in [9.17, 15) is 27.6 Å². The fourth-order valence-electron chi connectivity index (χ4n) is 5.28. The Hall–Kier alpha value is -4.16. The first kappa shape index (κ1) is 27.4. The van der Waals surface area contributed by atoms with Gasteiger partial charge in [-0.05, 0) is 17.2 Å². The van der Waals surface area contributed by atoms with Gasteiger partial charge < -0.3 is 15.0 Å². The third-order valence-corrected chi connectivity index (χ3v) is 7.09. The Morgan fingerprint density at radius 1 is 1.10 bits per heavy atom. The number of hydrogen-bond donors (Lipinski definition) is 2. The zero-order valence-corrected chi connectivity index (χ0v) is 21.5. The molecule has 210 valence electrons. The van der Waals surface area contributed by atoms with Crippen LogP contribution in [0.15, 0.2) is 78.5 Å². The van der Waals surface area contributed by atoms with Crippen molar-refractivity contribution in [1.82, 2.24) is 25.6 Å². The molecule has 2 aromatic carbocycles. The first-order valence-electron chi connectivity index (χ1n) is 12.8. The lowest BCUT2D eigenvalue weighted by Crippen LogP contribution is -2.52. The van der Waals surface area contributed by atoms with Crippen molar-refractivity contribution in [1.29, 1.82) is 0 Å². The maximum absolute atomic E-state index is 14.1. The maximum atomic E-state index is 14.1. The molecule has 2 aromatic rings. The van der Waals surface area contributed by atoms with Crippen LogP contribution in [0.25, 0.3) is 0 Å². The molecule has 1 saturated heterocycles. The van der Waals surface area contributed by atoms with Gasteiger partial charge >= 0.3 is 12.2 Å². The van der Waals surface area contributed by atoms with Gasteiger partial charge in [0.2, 0.25) is 0 Å². The van der Waals surface area contributed by atoms with E-state index in [0.29, 0.717) is 31.9 Å². The highest BCUT2D eigenvalue weighted by atomic mass is 19.4. The van der Waals surface area contributed by atoms with E-state index in [0.717, 1.165) is 6.07 Å². The van der Waals surface area contributed by atoms with Crippen molar-refractivity contribution in [2.45, 2.75) is 18.3 Å². The van der Waals surface area contributed by atoms with Crippen LogP contribution < -0.4 is 10.7 Å². The van der Waals surface area contributed by atoms with Crippen LogP contribution in [-0.4, -0.2) is 72.0 Å². The molecule has 3 heterocycles. The van der Waals surface area contributed by atoms with Gasteiger partial charge in [-0.2, -0.15) is 13.2 Å². The Balaban J connectivity index is 1.57. The second-order valence-corrected chi connectivity index (χ2v) is 9.55. The van der Waals surface area contributed by atoms with E-state index >= 15 is 0 Å². The topological polar surface area (TPSA) is 94.2 Å². The lowest BCUT2D eigenvalue weighted by molar-refractivity contribution is -0.141. The van der Waals surface area contributed by atoms with Gasteiger partial charge in [-0.3, -0.25) is 19.9 Å². The third kappa shape index (κ3) is 5.19. The number of nitrogens with zero attached hydrogens (tertiary/aromatic N) is 3. The zero-order valence-electron chi connectivity index (χ0n) is 21.5. The van der Waals surface area contributed by atoms with Crippen LogP contribution in [0.4, 0.5) is 18.0 Å². The quantitative estimate of drug-likeness (QED) is 0.512. The molecule has 3 aliphatic heterocycles.